The fraction of sp³-hybridized carbons (Fsp3) is 0.909. The van der Waals surface area contributed by atoms with Crippen LogP contribution in [0, 0.1) is 0 Å². The standard InChI is InChI=1S/C11H23ClN2O4S/c1-11(2,3)18-10(15)14(4)8-7-13-19(16,17)9-5-6-12/h13H,5-9H2,1-4H3. The van der Waals surface area contributed by atoms with Crippen LogP contribution in [0.2, 0.25) is 0 Å². The first-order valence-corrected chi connectivity index (χ1v) is 8.23. The van der Waals surface area contributed by atoms with Gasteiger partial charge in [0.25, 0.3) is 0 Å². The molecule has 0 spiro atoms. The number of nitrogens with one attached hydrogen (secondary N) is 1. The number of sulfonamides is 1. The molecular weight excluding hydrogens is 292 g/mol. The number of hydrogen-bond donors (Lipinski definition) is 1. The van der Waals surface area contributed by atoms with Gasteiger partial charge in [-0.1, -0.05) is 0 Å². The van der Waals surface area contributed by atoms with Gasteiger partial charge in [0.2, 0.25) is 10.0 Å². The van der Waals surface area contributed by atoms with Gasteiger partial charge in [0.1, 0.15) is 5.60 Å². The van der Waals surface area contributed by atoms with Gasteiger partial charge in [-0.05, 0) is 27.2 Å². The first kappa shape index (κ1) is 18.5. The molecule has 0 saturated carbocycles. The lowest BCUT2D eigenvalue weighted by Crippen LogP contribution is -2.39. The third-order valence-corrected chi connectivity index (χ3v) is 3.76. The third-order valence-electron chi connectivity index (χ3n) is 2.02. The molecule has 0 fully saturated rings. The molecule has 0 aliphatic rings. The van der Waals surface area contributed by atoms with Crippen LogP contribution in [-0.4, -0.2) is 56.8 Å². The molecule has 0 aromatic carbocycles. The maximum atomic E-state index is 11.6. The molecule has 0 heterocycles. The number of halogens is 1. The van der Waals surface area contributed by atoms with Crippen LogP contribution in [0.25, 0.3) is 0 Å². The summed E-state index contributed by atoms with van der Waals surface area (Å²) in [7, 11) is -1.76. The van der Waals surface area contributed by atoms with Crippen molar-refractivity contribution in [2.75, 3.05) is 31.8 Å². The molecule has 0 aliphatic heterocycles. The van der Waals surface area contributed by atoms with Crippen molar-refractivity contribution < 1.29 is 17.9 Å². The van der Waals surface area contributed by atoms with Gasteiger partial charge in [0, 0.05) is 26.0 Å². The Morgan fingerprint density at radius 3 is 2.42 bits per heavy atom. The van der Waals surface area contributed by atoms with E-state index in [0.717, 1.165) is 0 Å². The first-order valence-electron chi connectivity index (χ1n) is 6.05. The summed E-state index contributed by atoms with van der Waals surface area (Å²) in [5.74, 6) is 0.297. The van der Waals surface area contributed by atoms with Gasteiger partial charge in [-0.25, -0.2) is 17.9 Å². The zero-order chi connectivity index (χ0) is 15.1. The van der Waals surface area contributed by atoms with Crippen LogP contribution in [0.3, 0.4) is 0 Å². The third kappa shape index (κ3) is 9.98. The molecule has 0 unspecified atom stereocenters. The second kappa shape index (κ2) is 7.91. The molecule has 0 aromatic heterocycles. The van der Waals surface area contributed by atoms with E-state index >= 15 is 0 Å². The van der Waals surface area contributed by atoms with Crippen molar-refractivity contribution in [3.8, 4) is 0 Å². The maximum absolute atomic E-state index is 11.6. The molecule has 0 aromatic rings. The zero-order valence-corrected chi connectivity index (χ0v) is 13.5. The number of hydrogen-bond acceptors (Lipinski definition) is 4. The fourth-order valence-corrected chi connectivity index (χ4v) is 2.48. The fourth-order valence-electron chi connectivity index (χ4n) is 1.12. The van der Waals surface area contributed by atoms with Gasteiger partial charge in [-0.2, -0.15) is 0 Å². The molecule has 19 heavy (non-hydrogen) atoms. The molecule has 0 atom stereocenters. The molecule has 8 heteroatoms. The minimum atomic E-state index is -3.31. The maximum Gasteiger partial charge on any atom is 0.410 e. The number of nitrogens with zero attached hydrogens (tertiary/aromatic N) is 1. The Morgan fingerprint density at radius 2 is 1.95 bits per heavy atom. The van der Waals surface area contributed by atoms with Gasteiger partial charge in [-0.3, -0.25) is 0 Å². The Morgan fingerprint density at radius 1 is 1.37 bits per heavy atom. The van der Waals surface area contributed by atoms with E-state index in [9.17, 15) is 13.2 Å². The number of likely N-dealkylation sites (N-methyl/N-ethyl adjacent to an activating group) is 1. The van der Waals surface area contributed by atoms with E-state index in [1.165, 1.54) is 4.90 Å². The molecule has 0 saturated heterocycles. The van der Waals surface area contributed by atoms with Gasteiger partial charge in [0.15, 0.2) is 0 Å². The predicted octanol–water partition coefficient (Wildman–Crippen LogP) is 1.40. The number of carbonyl (C=O) groups is 1. The summed E-state index contributed by atoms with van der Waals surface area (Å²) in [4.78, 5) is 12.9. The quantitative estimate of drug-likeness (QED) is 0.721. The van der Waals surface area contributed by atoms with E-state index in [-0.39, 0.29) is 18.8 Å². The lowest BCUT2D eigenvalue weighted by Gasteiger charge is -2.24. The van der Waals surface area contributed by atoms with Crippen LogP contribution in [0.4, 0.5) is 4.79 Å². The normalized spacial score (nSPS) is 12.3. The summed E-state index contributed by atoms with van der Waals surface area (Å²) in [5, 5.41) is 0. The number of amides is 1. The Labute approximate surface area is 120 Å². The second-order valence-electron chi connectivity index (χ2n) is 5.16. The van der Waals surface area contributed by atoms with Crippen LogP contribution >= 0.6 is 11.6 Å². The molecule has 0 radical (unpaired) electrons. The van der Waals surface area contributed by atoms with Crippen molar-refractivity contribution in [3.63, 3.8) is 0 Å². The smallest absolute Gasteiger partial charge is 0.410 e. The van der Waals surface area contributed by atoms with Crippen LogP contribution in [0.15, 0.2) is 0 Å². The van der Waals surface area contributed by atoms with Crippen LogP contribution in [0.5, 0.6) is 0 Å². The summed E-state index contributed by atoms with van der Waals surface area (Å²) < 4.78 is 30.5. The molecule has 114 valence electrons. The SMILES string of the molecule is CN(CCNS(=O)(=O)CCCCl)C(=O)OC(C)(C)C. The van der Waals surface area contributed by atoms with Crippen molar-refractivity contribution in [3.05, 3.63) is 0 Å². The summed E-state index contributed by atoms with van der Waals surface area (Å²) in [6.07, 6.45) is -0.0776. The number of alkyl halides is 1. The molecule has 1 N–H and O–H groups in total. The Kier molecular flexibility index (Phi) is 7.69. The Balaban J connectivity index is 4.04. The van der Waals surface area contributed by atoms with E-state index in [4.69, 9.17) is 16.3 Å². The minimum absolute atomic E-state index is 0.00729. The van der Waals surface area contributed by atoms with Gasteiger partial charge in [0.05, 0.1) is 5.75 Å². The molecular formula is C11H23ClN2O4S. The van der Waals surface area contributed by atoms with Crippen molar-refractivity contribution in [1.82, 2.24) is 9.62 Å². The molecule has 6 nitrogen and oxygen atoms in total. The lowest BCUT2D eigenvalue weighted by molar-refractivity contribution is 0.0302. The van der Waals surface area contributed by atoms with Crippen molar-refractivity contribution in [1.29, 1.82) is 0 Å². The Hall–Kier alpha value is -0.530. The van der Waals surface area contributed by atoms with E-state index < -0.39 is 21.7 Å². The lowest BCUT2D eigenvalue weighted by atomic mass is 10.2. The van der Waals surface area contributed by atoms with Gasteiger partial charge >= 0.3 is 6.09 Å². The summed E-state index contributed by atoms with van der Waals surface area (Å²) in [6.45, 7) is 5.71. The Bertz CT molecular complexity index is 379. The topological polar surface area (TPSA) is 75.7 Å². The highest BCUT2D eigenvalue weighted by Crippen LogP contribution is 2.08. The first-order chi connectivity index (χ1) is 8.57. The van der Waals surface area contributed by atoms with E-state index in [1.807, 2.05) is 0 Å². The van der Waals surface area contributed by atoms with E-state index in [2.05, 4.69) is 4.72 Å². The number of rotatable bonds is 7. The molecule has 0 rings (SSSR count). The van der Waals surface area contributed by atoms with Crippen molar-refractivity contribution in [2.24, 2.45) is 0 Å². The summed E-state index contributed by atoms with van der Waals surface area (Å²) in [5.41, 5.74) is -0.564. The second-order valence-corrected chi connectivity index (χ2v) is 7.46. The van der Waals surface area contributed by atoms with Crippen molar-refractivity contribution in [2.45, 2.75) is 32.8 Å². The average Bonchev–Trinajstić information content (AvgIpc) is 2.23. The summed E-state index contributed by atoms with van der Waals surface area (Å²) >= 11 is 5.43. The highest BCUT2D eigenvalue weighted by Gasteiger charge is 2.19. The molecule has 0 aliphatic carbocycles. The van der Waals surface area contributed by atoms with Crippen molar-refractivity contribution >= 4 is 27.7 Å². The average molecular weight is 315 g/mol. The largest absolute Gasteiger partial charge is 0.444 e. The highest BCUT2D eigenvalue weighted by molar-refractivity contribution is 7.89. The highest BCUT2D eigenvalue weighted by atomic mass is 35.5. The van der Waals surface area contributed by atoms with Crippen LogP contribution in [0.1, 0.15) is 27.2 Å². The molecule has 0 bridgehead atoms. The van der Waals surface area contributed by atoms with Gasteiger partial charge in [-0.15, -0.1) is 11.6 Å². The van der Waals surface area contributed by atoms with E-state index in [1.54, 1.807) is 27.8 Å². The summed E-state index contributed by atoms with van der Waals surface area (Å²) in [6, 6.07) is 0. The van der Waals surface area contributed by atoms with Gasteiger partial charge < -0.3 is 9.64 Å². The molecule has 1 amide bonds. The number of carbonyl (C=O) groups excluding carboxylic acids is 1. The predicted molar refractivity (Wildman–Crippen MR) is 76.0 cm³/mol. The van der Waals surface area contributed by atoms with E-state index in [0.29, 0.717) is 12.3 Å². The monoisotopic (exact) mass is 314 g/mol. The zero-order valence-electron chi connectivity index (χ0n) is 11.9. The minimum Gasteiger partial charge on any atom is -0.444 e. The van der Waals surface area contributed by atoms with Crippen LogP contribution in [-0.2, 0) is 14.8 Å². The van der Waals surface area contributed by atoms with Crippen LogP contribution < -0.4 is 4.72 Å². The number of ether oxygens (including phenoxy) is 1.